The van der Waals surface area contributed by atoms with Gasteiger partial charge in [-0.2, -0.15) is 0 Å². The molecule has 0 bridgehead atoms. The number of hydrogen-bond acceptors (Lipinski definition) is 8. The largest absolute Gasteiger partial charge is 0.394 e. The highest BCUT2D eigenvalue weighted by molar-refractivity contribution is 5.83. The van der Waals surface area contributed by atoms with Gasteiger partial charge in [-0.25, -0.2) is 19.9 Å². The van der Waals surface area contributed by atoms with Crippen molar-refractivity contribution in [1.29, 1.82) is 0 Å². The van der Waals surface area contributed by atoms with Gasteiger partial charge in [-0.1, -0.05) is 26.7 Å². The number of unbranched alkanes of at least 4 members (excludes halogenated alkanes) is 2. The lowest BCUT2D eigenvalue weighted by molar-refractivity contribution is -0.0511. The fourth-order valence-corrected chi connectivity index (χ4v) is 3.32. The molecule has 2 aromatic heterocycles. The quantitative estimate of drug-likeness (QED) is 0.394. The molecule has 0 aliphatic carbocycles. The monoisotopic (exact) mass is 406 g/mol. The molecule has 3 rings (SSSR count). The van der Waals surface area contributed by atoms with Crippen LogP contribution in [0, 0.1) is 0 Å². The summed E-state index contributed by atoms with van der Waals surface area (Å²) in [6.07, 6.45) is 4.93. The van der Waals surface area contributed by atoms with Gasteiger partial charge in [-0.15, -0.1) is 0 Å². The fraction of sp³-hybridized carbons (Fsp3) is 0.684. The van der Waals surface area contributed by atoms with E-state index in [4.69, 9.17) is 4.74 Å². The van der Waals surface area contributed by atoms with Crippen molar-refractivity contribution in [2.24, 2.45) is 4.99 Å². The summed E-state index contributed by atoms with van der Waals surface area (Å²) >= 11 is 0. The van der Waals surface area contributed by atoms with E-state index in [2.05, 4.69) is 38.7 Å². The van der Waals surface area contributed by atoms with Crippen molar-refractivity contribution in [1.82, 2.24) is 24.4 Å². The highest BCUT2D eigenvalue weighted by Crippen LogP contribution is 2.32. The molecule has 2 aromatic rings. The van der Waals surface area contributed by atoms with E-state index < -0.39 is 31.1 Å². The molecule has 3 N–H and O–H groups in total. The lowest BCUT2D eigenvalue weighted by Crippen LogP contribution is -2.33. The van der Waals surface area contributed by atoms with Crippen LogP contribution in [0.4, 0.5) is 5.82 Å². The number of aliphatic hydroxyl groups is 3. The summed E-state index contributed by atoms with van der Waals surface area (Å²) in [5, 5.41) is 29.6. The Morgan fingerprint density at radius 2 is 1.86 bits per heavy atom. The minimum Gasteiger partial charge on any atom is -0.394 e. The zero-order valence-corrected chi connectivity index (χ0v) is 16.9. The van der Waals surface area contributed by atoms with Crippen LogP contribution in [0.15, 0.2) is 17.6 Å². The molecule has 3 heterocycles. The Balaban J connectivity index is 1.84. The number of rotatable bonds is 10. The molecule has 0 radical (unpaired) electrons. The summed E-state index contributed by atoms with van der Waals surface area (Å²) in [4.78, 5) is 19.5. The van der Waals surface area contributed by atoms with Crippen molar-refractivity contribution in [3.63, 3.8) is 0 Å². The Labute approximate surface area is 169 Å². The summed E-state index contributed by atoms with van der Waals surface area (Å²) in [5.41, 5.74) is 0.920. The standard InChI is InChI=1S/C19H30N6O4/c1-3-5-7-24(8-6-4-2)11-23-17-14-18(21-10-20-17)25(12-22-14)19-16(28)15(27)13(9-26)29-19/h10-13,15-16,19,26-28H,3-9H2,1-2H3/t13-,15-,16-,19-/m1/s1. The van der Waals surface area contributed by atoms with Crippen molar-refractivity contribution in [3.8, 4) is 0 Å². The lowest BCUT2D eigenvalue weighted by atomic mass is 10.1. The predicted molar refractivity (Wildman–Crippen MR) is 108 cm³/mol. The van der Waals surface area contributed by atoms with Crippen LogP contribution in [-0.4, -0.2) is 84.1 Å². The zero-order valence-electron chi connectivity index (χ0n) is 16.9. The SMILES string of the molecule is CCCCN(C=Nc1ncnc2c1ncn2[C@@H]1O[C@H](CO)[C@@H](O)[C@H]1O)CCCC. The number of aliphatic imine (C=N–C) groups is 1. The number of nitrogens with zero attached hydrogens (tertiary/aromatic N) is 6. The van der Waals surface area contributed by atoms with Gasteiger partial charge in [-0.05, 0) is 12.8 Å². The van der Waals surface area contributed by atoms with Crippen LogP contribution >= 0.6 is 0 Å². The molecule has 1 fully saturated rings. The van der Waals surface area contributed by atoms with E-state index in [0.717, 1.165) is 38.8 Å². The maximum atomic E-state index is 10.3. The molecule has 1 saturated heterocycles. The van der Waals surface area contributed by atoms with Crippen molar-refractivity contribution in [3.05, 3.63) is 12.7 Å². The van der Waals surface area contributed by atoms with Crippen molar-refractivity contribution < 1.29 is 20.1 Å². The summed E-state index contributed by atoms with van der Waals surface area (Å²) in [7, 11) is 0. The molecule has 4 atom stereocenters. The van der Waals surface area contributed by atoms with Crippen LogP contribution in [0.25, 0.3) is 11.2 Å². The number of aromatic nitrogens is 4. The number of ether oxygens (including phenoxy) is 1. The van der Waals surface area contributed by atoms with Gasteiger partial charge in [0, 0.05) is 13.1 Å². The molecule has 10 nitrogen and oxygen atoms in total. The molecule has 0 aromatic carbocycles. The van der Waals surface area contributed by atoms with E-state index in [1.807, 2.05) is 0 Å². The van der Waals surface area contributed by atoms with E-state index in [1.165, 1.54) is 17.2 Å². The Morgan fingerprint density at radius 3 is 2.48 bits per heavy atom. The first-order chi connectivity index (χ1) is 14.1. The Hall–Kier alpha value is -2.14. The molecular formula is C19H30N6O4. The first-order valence-corrected chi connectivity index (χ1v) is 10.2. The maximum Gasteiger partial charge on any atom is 0.184 e. The molecule has 0 unspecified atom stereocenters. The Morgan fingerprint density at radius 1 is 1.14 bits per heavy atom. The van der Waals surface area contributed by atoms with Crippen LogP contribution in [0.3, 0.4) is 0 Å². The average molecular weight is 406 g/mol. The summed E-state index contributed by atoms with van der Waals surface area (Å²) in [6, 6.07) is 0. The summed E-state index contributed by atoms with van der Waals surface area (Å²) in [6.45, 7) is 5.80. The molecule has 0 saturated carbocycles. The molecule has 0 spiro atoms. The predicted octanol–water partition coefficient (Wildman–Crippen LogP) is 1.000. The lowest BCUT2D eigenvalue weighted by Gasteiger charge is -2.18. The van der Waals surface area contributed by atoms with Gasteiger partial charge in [0.2, 0.25) is 0 Å². The van der Waals surface area contributed by atoms with Crippen LogP contribution in [0.1, 0.15) is 45.8 Å². The molecular weight excluding hydrogens is 376 g/mol. The maximum absolute atomic E-state index is 10.3. The van der Waals surface area contributed by atoms with Crippen molar-refractivity contribution >= 4 is 23.3 Å². The average Bonchev–Trinajstić information content (AvgIpc) is 3.29. The van der Waals surface area contributed by atoms with E-state index in [9.17, 15) is 15.3 Å². The summed E-state index contributed by atoms with van der Waals surface area (Å²) < 4.78 is 7.11. The first-order valence-electron chi connectivity index (χ1n) is 10.2. The van der Waals surface area contributed by atoms with Gasteiger partial charge in [-0.3, -0.25) is 4.57 Å². The second kappa shape index (κ2) is 10.1. The van der Waals surface area contributed by atoms with Gasteiger partial charge in [0.15, 0.2) is 23.2 Å². The van der Waals surface area contributed by atoms with Crippen molar-refractivity contribution in [2.45, 2.75) is 64.1 Å². The third kappa shape index (κ3) is 4.72. The van der Waals surface area contributed by atoms with Gasteiger partial charge in [0.1, 0.15) is 24.6 Å². The Bertz CT molecular complexity index is 805. The first kappa shape index (κ1) is 21.6. The molecule has 1 aliphatic rings. The molecule has 1 aliphatic heterocycles. The highest BCUT2D eigenvalue weighted by Gasteiger charge is 2.44. The fourth-order valence-electron chi connectivity index (χ4n) is 3.32. The second-order valence-electron chi connectivity index (χ2n) is 7.24. The van der Waals surface area contributed by atoms with E-state index >= 15 is 0 Å². The molecule has 10 heteroatoms. The number of imidazole rings is 1. The summed E-state index contributed by atoms with van der Waals surface area (Å²) in [5.74, 6) is 0.429. The zero-order chi connectivity index (χ0) is 20.8. The van der Waals surface area contributed by atoms with Gasteiger partial charge >= 0.3 is 0 Å². The van der Waals surface area contributed by atoms with Gasteiger partial charge < -0.3 is 25.0 Å². The minimum atomic E-state index is -1.20. The second-order valence-corrected chi connectivity index (χ2v) is 7.24. The van der Waals surface area contributed by atoms with Gasteiger partial charge in [0.05, 0.1) is 19.3 Å². The normalized spacial score (nSPS) is 24.7. The third-order valence-corrected chi connectivity index (χ3v) is 5.07. The van der Waals surface area contributed by atoms with Crippen LogP contribution in [0.2, 0.25) is 0 Å². The number of fused-ring (bicyclic) bond motifs is 1. The van der Waals surface area contributed by atoms with Crippen LogP contribution < -0.4 is 0 Å². The molecule has 29 heavy (non-hydrogen) atoms. The van der Waals surface area contributed by atoms with E-state index in [-0.39, 0.29) is 0 Å². The van der Waals surface area contributed by atoms with Crippen LogP contribution in [-0.2, 0) is 4.74 Å². The number of hydrogen-bond donors (Lipinski definition) is 3. The topological polar surface area (TPSA) is 129 Å². The molecule has 0 amide bonds. The van der Waals surface area contributed by atoms with Crippen molar-refractivity contribution in [2.75, 3.05) is 19.7 Å². The van der Waals surface area contributed by atoms with Gasteiger partial charge in [0.25, 0.3) is 0 Å². The third-order valence-electron chi connectivity index (χ3n) is 5.07. The smallest absolute Gasteiger partial charge is 0.184 e. The van der Waals surface area contributed by atoms with E-state index in [1.54, 1.807) is 6.34 Å². The highest BCUT2D eigenvalue weighted by atomic mass is 16.6. The van der Waals surface area contributed by atoms with E-state index in [0.29, 0.717) is 17.0 Å². The van der Waals surface area contributed by atoms with Crippen LogP contribution in [0.5, 0.6) is 0 Å². The number of aliphatic hydroxyl groups excluding tert-OH is 3. The molecule has 160 valence electrons. The minimum absolute atomic E-state index is 0.392. The Kier molecular flexibility index (Phi) is 7.48.